The first-order valence-electron chi connectivity index (χ1n) is 5.85. The van der Waals surface area contributed by atoms with E-state index in [4.69, 9.17) is 0 Å². The van der Waals surface area contributed by atoms with Gasteiger partial charge in [-0.05, 0) is 26.0 Å². The maximum Gasteiger partial charge on any atom is 0.269 e. The topological polar surface area (TPSA) is 64.7 Å². The van der Waals surface area contributed by atoms with Gasteiger partial charge in [-0.25, -0.2) is 0 Å². The van der Waals surface area contributed by atoms with Crippen LogP contribution in [0.2, 0.25) is 0 Å². The molecule has 0 saturated heterocycles. The SMILES string of the molecule is Cc1cc(C)n(CCNC(=O)c2ccnn2C)n1. The van der Waals surface area contributed by atoms with Crippen molar-refractivity contribution in [2.45, 2.75) is 20.4 Å². The molecule has 2 aromatic heterocycles. The van der Waals surface area contributed by atoms with Crippen molar-refractivity contribution >= 4 is 5.91 Å². The van der Waals surface area contributed by atoms with E-state index in [1.807, 2.05) is 24.6 Å². The summed E-state index contributed by atoms with van der Waals surface area (Å²) in [6, 6.07) is 3.71. The molecule has 0 spiro atoms. The van der Waals surface area contributed by atoms with Gasteiger partial charge in [-0.2, -0.15) is 10.2 Å². The minimum Gasteiger partial charge on any atom is -0.349 e. The number of rotatable bonds is 4. The third-order valence-electron chi connectivity index (χ3n) is 2.77. The summed E-state index contributed by atoms with van der Waals surface area (Å²) in [4.78, 5) is 11.8. The van der Waals surface area contributed by atoms with Gasteiger partial charge in [0.1, 0.15) is 5.69 Å². The standard InChI is InChI=1S/C12H17N5O/c1-9-8-10(2)17(15-9)7-6-13-12(18)11-4-5-14-16(11)3/h4-5,8H,6-7H2,1-3H3,(H,13,18). The minimum absolute atomic E-state index is 0.114. The Hall–Kier alpha value is -2.11. The summed E-state index contributed by atoms with van der Waals surface area (Å²) >= 11 is 0. The van der Waals surface area contributed by atoms with E-state index < -0.39 is 0 Å². The maximum atomic E-state index is 11.8. The van der Waals surface area contributed by atoms with Crippen molar-refractivity contribution < 1.29 is 4.79 Å². The number of aromatic nitrogens is 4. The van der Waals surface area contributed by atoms with Crippen LogP contribution >= 0.6 is 0 Å². The molecular formula is C12H17N5O. The molecular weight excluding hydrogens is 230 g/mol. The molecule has 0 bridgehead atoms. The third-order valence-corrected chi connectivity index (χ3v) is 2.77. The average molecular weight is 247 g/mol. The lowest BCUT2D eigenvalue weighted by Crippen LogP contribution is -2.29. The first-order chi connectivity index (χ1) is 8.58. The number of hydrogen-bond acceptors (Lipinski definition) is 3. The Morgan fingerprint density at radius 2 is 2.22 bits per heavy atom. The monoisotopic (exact) mass is 247 g/mol. The zero-order chi connectivity index (χ0) is 13.1. The Morgan fingerprint density at radius 3 is 2.78 bits per heavy atom. The molecule has 6 heteroatoms. The molecule has 96 valence electrons. The quantitative estimate of drug-likeness (QED) is 0.863. The Bertz CT molecular complexity index is 555. The summed E-state index contributed by atoms with van der Waals surface area (Å²) in [6.45, 7) is 5.18. The van der Waals surface area contributed by atoms with Crippen LogP contribution < -0.4 is 5.32 Å². The number of nitrogens with zero attached hydrogens (tertiary/aromatic N) is 4. The van der Waals surface area contributed by atoms with Crippen LogP contribution in [-0.2, 0) is 13.6 Å². The van der Waals surface area contributed by atoms with E-state index in [-0.39, 0.29) is 5.91 Å². The van der Waals surface area contributed by atoms with Crippen molar-refractivity contribution in [3.8, 4) is 0 Å². The molecule has 1 N–H and O–H groups in total. The van der Waals surface area contributed by atoms with Crippen molar-refractivity contribution in [3.63, 3.8) is 0 Å². The predicted molar refractivity (Wildman–Crippen MR) is 67.2 cm³/mol. The van der Waals surface area contributed by atoms with Crippen molar-refractivity contribution in [1.82, 2.24) is 24.9 Å². The lowest BCUT2D eigenvalue weighted by Gasteiger charge is -2.07. The van der Waals surface area contributed by atoms with Crippen LogP contribution in [0.1, 0.15) is 21.9 Å². The molecule has 2 rings (SSSR count). The summed E-state index contributed by atoms with van der Waals surface area (Å²) < 4.78 is 3.44. The van der Waals surface area contributed by atoms with Crippen molar-refractivity contribution in [1.29, 1.82) is 0 Å². The minimum atomic E-state index is -0.114. The molecule has 18 heavy (non-hydrogen) atoms. The highest BCUT2D eigenvalue weighted by Crippen LogP contribution is 2.01. The van der Waals surface area contributed by atoms with Gasteiger partial charge in [0.15, 0.2) is 0 Å². The molecule has 0 saturated carbocycles. The summed E-state index contributed by atoms with van der Waals surface area (Å²) in [7, 11) is 1.75. The Morgan fingerprint density at radius 1 is 1.44 bits per heavy atom. The first-order valence-corrected chi connectivity index (χ1v) is 5.85. The highest BCUT2D eigenvalue weighted by molar-refractivity contribution is 5.92. The van der Waals surface area contributed by atoms with E-state index in [1.54, 1.807) is 24.0 Å². The number of carbonyl (C=O) groups excluding carboxylic acids is 1. The average Bonchev–Trinajstić information content (AvgIpc) is 2.85. The molecule has 0 aliphatic carbocycles. The number of nitrogens with one attached hydrogen (secondary N) is 1. The summed E-state index contributed by atoms with van der Waals surface area (Å²) in [5.41, 5.74) is 2.65. The molecule has 6 nitrogen and oxygen atoms in total. The molecule has 0 aliphatic heterocycles. The van der Waals surface area contributed by atoms with Gasteiger partial charge in [-0.3, -0.25) is 14.2 Å². The fourth-order valence-corrected chi connectivity index (χ4v) is 1.86. The summed E-state index contributed by atoms with van der Waals surface area (Å²) in [5.74, 6) is -0.114. The molecule has 0 fully saturated rings. The molecule has 0 unspecified atom stereocenters. The maximum absolute atomic E-state index is 11.8. The van der Waals surface area contributed by atoms with E-state index >= 15 is 0 Å². The Labute approximate surface area is 106 Å². The summed E-state index contributed by atoms with van der Waals surface area (Å²) in [6.07, 6.45) is 1.61. The van der Waals surface area contributed by atoms with Crippen LogP contribution in [0, 0.1) is 13.8 Å². The van der Waals surface area contributed by atoms with Gasteiger partial charge in [0.05, 0.1) is 12.2 Å². The van der Waals surface area contributed by atoms with Crippen LogP contribution in [0.3, 0.4) is 0 Å². The zero-order valence-corrected chi connectivity index (χ0v) is 10.8. The number of aryl methyl sites for hydroxylation is 3. The van der Waals surface area contributed by atoms with Gasteiger partial charge in [0.2, 0.25) is 0 Å². The van der Waals surface area contributed by atoms with Gasteiger partial charge >= 0.3 is 0 Å². The van der Waals surface area contributed by atoms with Crippen LogP contribution in [0.25, 0.3) is 0 Å². The smallest absolute Gasteiger partial charge is 0.269 e. The van der Waals surface area contributed by atoms with Crippen LogP contribution in [0.4, 0.5) is 0 Å². The van der Waals surface area contributed by atoms with Gasteiger partial charge < -0.3 is 5.32 Å². The molecule has 0 aliphatic rings. The second kappa shape index (κ2) is 5.03. The van der Waals surface area contributed by atoms with Gasteiger partial charge in [-0.1, -0.05) is 0 Å². The molecule has 0 atom stereocenters. The van der Waals surface area contributed by atoms with E-state index in [0.29, 0.717) is 18.8 Å². The number of carbonyl (C=O) groups is 1. The van der Waals surface area contributed by atoms with Crippen LogP contribution in [-0.4, -0.2) is 32.0 Å². The molecule has 0 radical (unpaired) electrons. The Balaban J connectivity index is 1.88. The molecule has 1 amide bonds. The second-order valence-electron chi connectivity index (χ2n) is 4.25. The molecule has 2 heterocycles. The van der Waals surface area contributed by atoms with E-state index in [2.05, 4.69) is 15.5 Å². The molecule has 0 aromatic carbocycles. The van der Waals surface area contributed by atoms with E-state index in [0.717, 1.165) is 11.4 Å². The third kappa shape index (κ3) is 2.58. The number of hydrogen-bond donors (Lipinski definition) is 1. The fourth-order valence-electron chi connectivity index (χ4n) is 1.86. The highest BCUT2D eigenvalue weighted by Gasteiger charge is 2.09. The zero-order valence-electron chi connectivity index (χ0n) is 10.8. The predicted octanol–water partition coefficient (Wildman–Crippen LogP) is 0.663. The normalized spacial score (nSPS) is 10.6. The van der Waals surface area contributed by atoms with Gasteiger partial charge in [0.25, 0.3) is 5.91 Å². The Kier molecular flexibility index (Phi) is 3.45. The second-order valence-corrected chi connectivity index (χ2v) is 4.25. The van der Waals surface area contributed by atoms with Crippen molar-refractivity contribution in [2.75, 3.05) is 6.54 Å². The first kappa shape index (κ1) is 12.3. The molecule has 2 aromatic rings. The van der Waals surface area contributed by atoms with Crippen molar-refractivity contribution in [2.24, 2.45) is 7.05 Å². The van der Waals surface area contributed by atoms with E-state index in [1.165, 1.54) is 0 Å². The van der Waals surface area contributed by atoms with Gasteiger partial charge in [-0.15, -0.1) is 0 Å². The van der Waals surface area contributed by atoms with Crippen LogP contribution in [0.15, 0.2) is 18.3 Å². The highest BCUT2D eigenvalue weighted by atomic mass is 16.2. The van der Waals surface area contributed by atoms with E-state index in [9.17, 15) is 4.79 Å². The largest absolute Gasteiger partial charge is 0.349 e. The van der Waals surface area contributed by atoms with Crippen molar-refractivity contribution in [3.05, 3.63) is 35.4 Å². The van der Waals surface area contributed by atoms with Crippen LogP contribution in [0.5, 0.6) is 0 Å². The lowest BCUT2D eigenvalue weighted by atomic mass is 10.4. The fraction of sp³-hybridized carbons (Fsp3) is 0.417. The number of amides is 1. The summed E-state index contributed by atoms with van der Waals surface area (Å²) in [5, 5.41) is 11.1. The van der Waals surface area contributed by atoms with Gasteiger partial charge in [0, 0.05) is 25.5 Å². The lowest BCUT2D eigenvalue weighted by molar-refractivity contribution is 0.0942.